The molecule has 0 heterocycles. The first-order valence-corrected chi connectivity index (χ1v) is 8.33. The third-order valence-electron chi connectivity index (χ3n) is 4.58. The van der Waals surface area contributed by atoms with Crippen LogP contribution in [-0.2, 0) is 6.42 Å². The topological polar surface area (TPSA) is 54.0 Å². The van der Waals surface area contributed by atoms with Gasteiger partial charge in [0.15, 0.2) is 17.3 Å². The van der Waals surface area contributed by atoms with Gasteiger partial charge in [-0.2, -0.15) is 0 Å². The molecule has 0 bridgehead atoms. The van der Waals surface area contributed by atoms with E-state index in [0.29, 0.717) is 35.0 Å². The number of carbonyl (C=O) groups is 1. The van der Waals surface area contributed by atoms with Gasteiger partial charge >= 0.3 is 0 Å². The van der Waals surface area contributed by atoms with Crippen molar-refractivity contribution in [3.8, 4) is 23.0 Å². The summed E-state index contributed by atoms with van der Waals surface area (Å²) < 4.78 is 21.4. The zero-order valence-electron chi connectivity index (χ0n) is 15.4. The quantitative estimate of drug-likeness (QED) is 0.762. The van der Waals surface area contributed by atoms with E-state index < -0.39 is 0 Å². The number of aryl methyl sites for hydroxylation is 1. The van der Waals surface area contributed by atoms with Gasteiger partial charge in [-0.3, -0.25) is 4.79 Å². The average molecular weight is 354 g/mol. The van der Waals surface area contributed by atoms with Crippen LogP contribution in [0.2, 0.25) is 0 Å². The molecule has 1 aliphatic carbocycles. The van der Waals surface area contributed by atoms with Crippen LogP contribution in [0.15, 0.2) is 35.9 Å². The number of rotatable bonds is 5. The molecule has 0 saturated carbocycles. The van der Waals surface area contributed by atoms with Crippen molar-refractivity contribution in [2.24, 2.45) is 0 Å². The lowest BCUT2D eigenvalue weighted by Crippen LogP contribution is -2.14. The SMILES string of the molecule is COc1ccc(OC)c(C=C2CCc3cc(OC)c(OC)cc3C2=O)c1. The Morgan fingerprint density at radius 1 is 0.808 bits per heavy atom. The maximum atomic E-state index is 13.0. The Morgan fingerprint density at radius 3 is 2.15 bits per heavy atom. The molecule has 0 saturated heterocycles. The van der Waals surface area contributed by atoms with Crippen molar-refractivity contribution < 1.29 is 23.7 Å². The lowest BCUT2D eigenvalue weighted by atomic mass is 9.85. The van der Waals surface area contributed by atoms with Crippen LogP contribution in [-0.4, -0.2) is 34.2 Å². The summed E-state index contributed by atoms with van der Waals surface area (Å²) in [4.78, 5) is 13.0. The molecule has 26 heavy (non-hydrogen) atoms. The second-order valence-corrected chi connectivity index (χ2v) is 5.97. The summed E-state index contributed by atoms with van der Waals surface area (Å²) in [6.45, 7) is 0. The highest BCUT2D eigenvalue weighted by Gasteiger charge is 2.24. The lowest BCUT2D eigenvalue weighted by molar-refractivity contribution is 0.102. The number of allylic oxidation sites excluding steroid dienone is 1. The van der Waals surface area contributed by atoms with Gasteiger partial charge in [-0.25, -0.2) is 0 Å². The number of Topliss-reactive ketones (excluding diaryl/α,β-unsaturated/α-hetero) is 1. The molecule has 0 aliphatic heterocycles. The van der Waals surface area contributed by atoms with E-state index in [1.807, 2.05) is 30.3 Å². The highest BCUT2D eigenvalue weighted by molar-refractivity contribution is 6.13. The normalized spacial score (nSPS) is 14.8. The molecule has 136 valence electrons. The second-order valence-electron chi connectivity index (χ2n) is 5.97. The van der Waals surface area contributed by atoms with E-state index in [1.54, 1.807) is 34.5 Å². The molecule has 0 unspecified atom stereocenters. The van der Waals surface area contributed by atoms with Crippen molar-refractivity contribution in [3.05, 3.63) is 52.6 Å². The van der Waals surface area contributed by atoms with Gasteiger partial charge in [0.05, 0.1) is 28.4 Å². The molecule has 2 aromatic rings. The first-order chi connectivity index (χ1) is 12.6. The van der Waals surface area contributed by atoms with Gasteiger partial charge in [0.2, 0.25) is 0 Å². The monoisotopic (exact) mass is 354 g/mol. The van der Waals surface area contributed by atoms with E-state index in [-0.39, 0.29) is 5.78 Å². The van der Waals surface area contributed by atoms with Crippen LogP contribution in [0.1, 0.15) is 27.9 Å². The van der Waals surface area contributed by atoms with Crippen molar-refractivity contribution in [2.75, 3.05) is 28.4 Å². The number of fused-ring (bicyclic) bond motifs is 1. The molecule has 0 spiro atoms. The summed E-state index contributed by atoms with van der Waals surface area (Å²) in [6, 6.07) is 9.17. The van der Waals surface area contributed by atoms with Crippen molar-refractivity contribution in [3.63, 3.8) is 0 Å². The van der Waals surface area contributed by atoms with E-state index >= 15 is 0 Å². The van der Waals surface area contributed by atoms with Crippen molar-refractivity contribution in [2.45, 2.75) is 12.8 Å². The molecule has 3 rings (SSSR count). The minimum absolute atomic E-state index is 0.00271. The number of hydrogen-bond acceptors (Lipinski definition) is 5. The van der Waals surface area contributed by atoms with Crippen LogP contribution in [0.25, 0.3) is 6.08 Å². The fourth-order valence-electron chi connectivity index (χ4n) is 3.17. The third-order valence-corrected chi connectivity index (χ3v) is 4.58. The maximum Gasteiger partial charge on any atom is 0.189 e. The van der Waals surface area contributed by atoms with E-state index in [1.165, 1.54) is 0 Å². The molecule has 0 aromatic heterocycles. The zero-order chi connectivity index (χ0) is 18.7. The highest BCUT2D eigenvalue weighted by Crippen LogP contribution is 2.36. The Labute approximate surface area is 153 Å². The van der Waals surface area contributed by atoms with E-state index in [4.69, 9.17) is 18.9 Å². The first-order valence-electron chi connectivity index (χ1n) is 8.33. The molecule has 2 aromatic carbocycles. The summed E-state index contributed by atoms with van der Waals surface area (Å²) in [5, 5.41) is 0. The van der Waals surface area contributed by atoms with Crippen LogP contribution in [0.3, 0.4) is 0 Å². The first kappa shape index (κ1) is 17.9. The van der Waals surface area contributed by atoms with Crippen LogP contribution in [0.5, 0.6) is 23.0 Å². The van der Waals surface area contributed by atoms with Crippen molar-refractivity contribution in [1.29, 1.82) is 0 Å². The number of benzene rings is 2. The minimum atomic E-state index is -0.00271. The third kappa shape index (κ3) is 3.25. The predicted molar refractivity (Wildman–Crippen MR) is 99.7 cm³/mol. The van der Waals surface area contributed by atoms with Crippen LogP contribution < -0.4 is 18.9 Å². The molecule has 0 fully saturated rings. The molecule has 1 aliphatic rings. The van der Waals surface area contributed by atoms with E-state index in [0.717, 1.165) is 23.1 Å². The summed E-state index contributed by atoms with van der Waals surface area (Å²) >= 11 is 0. The fourth-order valence-corrected chi connectivity index (χ4v) is 3.17. The van der Waals surface area contributed by atoms with Gasteiger partial charge in [0.1, 0.15) is 11.5 Å². The van der Waals surface area contributed by atoms with E-state index in [2.05, 4.69) is 0 Å². The van der Waals surface area contributed by atoms with Gasteiger partial charge in [-0.15, -0.1) is 0 Å². The zero-order valence-corrected chi connectivity index (χ0v) is 15.4. The van der Waals surface area contributed by atoms with Crippen LogP contribution >= 0.6 is 0 Å². The van der Waals surface area contributed by atoms with Gasteiger partial charge in [-0.05, 0) is 54.8 Å². The van der Waals surface area contributed by atoms with Gasteiger partial charge in [0, 0.05) is 16.7 Å². The number of carbonyl (C=O) groups excluding carboxylic acids is 1. The van der Waals surface area contributed by atoms with Gasteiger partial charge in [-0.1, -0.05) is 0 Å². The highest BCUT2D eigenvalue weighted by atomic mass is 16.5. The maximum absolute atomic E-state index is 13.0. The van der Waals surface area contributed by atoms with Crippen LogP contribution in [0.4, 0.5) is 0 Å². The Morgan fingerprint density at radius 2 is 1.50 bits per heavy atom. The summed E-state index contributed by atoms with van der Waals surface area (Å²) in [7, 11) is 6.38. The Hall–Kier alpha value is -2.95. The molecule has 0 atom stereocenters. The molecule has 0 amide bonds. The molecule has 5 nitrogen and oxygen atoms in total. The van der Waals surface area contributed by atoms with Crippen molar-refractivity contribution in [1.82, 2.24) is 0 Å². The molecular weight excluding hydrogens is 332 g/mol. The minimum Gasteiger partial charge on any atom is -0.497 e. The number of methoxy groups -OCH3 is 4. The Bertz CT molecular complexity index is 867. The molecule has 0 radical (unpaired) electrons. The molecule has 5 heteroatoms. The fraction of sp³-hybridized carbons (Fsp3) is 0.286. The van der Waals surface area contributed by atoms with Gasteiger partial charge in [0.25, 0.3) is 0 Å². The summed E-state index contributed by atoms with van der Waals surface area (Å²) in [5.41, 5.74) is 3.18. The van der Waals surface area contributed by atoms with Gasteiger partial charge < -0.3 is 18.9 Å². The van der Waals surface area contributed by atoms with E-state index in [9.17, 15) is 4.79 Å². The van der Waals surface area contributed by atoms with Crippen molar-refractivity contribution >= 4 is 11.9 Å². The predicted octanol–water partition coefficient (Wildman–Crippen LogP) is 3.93. The smallest absolute Gasteiger partial charge is 0.189 e. The number of ether oxygens (including phenoxy) is 4. The number of ketones is 1. The number of hydrogen-bond donors (Lipinski definition) is 0. The average Bonchev–Trinajstić information content (AvgIpc) is 2.69. The standard InChI is InChI=1S/C21H22O5/c1-23-16-7-8-18(24-2)15(10-16)9-14-6-5-13-11-19(25-3)20(26-4)12-17(13)21(14)22/h7-12H,5-6H2,1-4H3. The molecular formula is C21H22O5. The second kappa shape index (κ2) is 7.52. The Balaban J connectivity index is 2.03. The Kier molecular flexibility index (Phi) is 5.16. The largest absolute Gasteiger partial charge is 0.497 e. The summed E-state index contributed by atoms with van der Waals surface area (Å²) in [6.07, 6.45) is 3.30. The van der Waals surface area contributed by atoms with Crippen LogP contribution in [0, 0.1) is 0 Å². The molecule has 0 N–H and O–H groups in total. The lowest BCUT2D eigenvalue weighted by Gasteiger charge is -2.20. The summed E-state index contributed by atoms with van der Waals surface area (Å²) in [5.74, 6) is 2.61.